The van der Waals surface area contributed by atoms with Crippen molar-refractivity contribution in [1.82, 2.24) is 20.7 Å². The van der Waals surface area contributed by atoms with Crippen LogP contribution in [0.25, 0.3) is 10.9 Å². The number of para-hydroxylation sites is 1. The van der Waals surface area contributed by atoms with Crippen LogP contribution in [0.3, 0.4) is 0 Å². The van der Waals surface area contributed by atoms with E-state index in [2.05, 4.69) is 10.3 Å². The number of fused-ring (bicyclic) bond motifs is 1. The number of carboxylic acid groups (broad SMARTS) is 2. The molecule has 13 nitrogen and oxygen atoms in total. The van der Waals surface area contributed by atoms with Crippen LogP contribution in [0.15, 0.2) is 71.1 Å². The number of carbonyl (C=O) groups is 4. The number of likely N-dealkylation sites (tertiary alicyclic amines) is 1. The SMILES string of the molecule is Cc1cc(COc2ccc(C(=O)N[C@@H]3CN(Cc4ccc(C)o4)C[C@@H]3C(=O)NO)cc2)c2ccccc2n1.O=C(O)C(F)(F)F.O=C(O)C(F)(F)F. The topological polar surface area (TPSA) is 192 Å². The molecule has 1 saturated heterocycles. The van der Waals surface area contributed by atoms with Crippen molar-refractivity contribution in [2.75, 3.05) is 13.1 Å². The Morgan fingerprint density at radius 2 is 1.50 bits per heavy atom. The van der Waals surface area contributed by atoms with Crippen molar-refractivity contribution in [1.29, 1.82) is 0 Å². The molecule has 0 saturated carbocycles. The summed E-state index contributed by atoms with van der Waals surface area (Å²) in [6, 6.07) is 20.2. The molecule has 19 heteroatoms. The van der Waals surface area contributed by atoms with Gasteiger partial charge in [-0.2, -0.15) is 26.3 Å². The summed E-state index contributed by atoms with van der Waals surface area (Å²) in [5.41, 5.74) is 5.07. The van der Waals surface area contributed by atoms with E-state index >= 15 is 0 Å². The van der Waals surface area contributed by atoms with Crippen LogP contribution < -0.4 is 15.5 Å². The molecular weight excluding hydrogens is 710 g/mol. The Bertz CT molecular complexity index is 1840. The van der Waals surface area contributed by atoms with E-state index in [1.807, 2.05) is 61.2 Å². The number of furan rings is 1. The number of aliphatic carboxylic acids is 2. The van der Waals surface area contributed by atoms with Crippen molar-refractivity contribution < 1.29 is 70.1 Å². The van der Waals surface area contributed by atoms with Crippen molar-refractivity contribution in [3.63, 3.8) is 0 Å². The fourth-order valence-corrected chi connectivity index (χ4v) is 4.93. The fourth-order valence-electron chi connectivity index (χ4n) is 4.93. The van der Waals surface area contributed by atoms with Gasteiger partial charge in [0.25, 0.3) is 5.91 Å². The number of halogens is 6. The number of alkyl halides is 6. The third-order valence-electron chi connectivity index (χ3n) is 7.26. The van der Waals surface area contributed by atoms with Gasteiger partial charge in [0.1, 0.15) is 23.9 Å². The smallest absolute Gasteiger partial charge is 0.489 e. The van der Waals surface area contributed by atoms with E-state index in [0.29, 0.717) is 37.6 Å². The standard InChI is InChI=1S/C29H30N4O5.2C2HF3O2/c1-18-13-21(24-5-3-4-6-26(24)30-18)17-37-22-11-8-20(9-12-22)28(34)31-27-16-33(15-25(27)29(35)32-36)14-23-10-7-19(2)38-23;2*3-2(4,5)1(6)7/h3-13,25,27,36H,14-17H2,1-2H3,(H,31,34)(H,32,35);2*(H,6,7)/t25-,27+;;/m0../s1. The second-order valence-corrected chi connectivity index (χ2v) is 11.2. The van der Waals surface area contributed by atoms with Gasteiger partial charge in [-0.25, -0.2) is 15.1 Å². The highest BCUT2D eigenvalue weighted by molar-refractivity contribution is 5.95. The molecule has 52 heavy (non-hydrogen) atoms. The molecule has 1 fully saturated rings. The zero-order chi connectivity index (χ0) is 38.8. The third-order valence-corrected chi connectivity index (χ3v) is 7.26. The van der Waals surface area contributed by atoms with Crippen LogP contribution in [-0.2, 0) is 27.5 Å². The van der Waals surface area contributed by atoms with E-state index in [-0.39, 0.29) is 5.91 Å². The van der Waals surface area contributed by atoms with Crippen molar-refractivity contribution in [3.8, 4) is 5.75 Å². The minimum Gasteiger partial charge on any atom is -0.489 e. The molecule has 0 bridgehead atoms. The number of rotatable bonds is 8. The van der Waals surface area contributed by atoms with Gasteiger partial charge in [-0.15, -0.1) is 0 Å². The number of carboxylic acids is 2. The Hall–Kier alpha value is -5.69. The fraction of sp³-hybridized carbons (Fsp3) is 0.303. The monoisotopic (exact) mass is 742 g/mol. The normalized spacial score (nSPS) is 15.8. The van der Waals surface area contributed by atoms with E-state index in [4.69, 9.17) is 29.0 Å². The molecule has 2 atom stereocenters. The van der Waals surface area contributed by atoms with E-state index in [9.17, 15) is 41.1 Å². The first-order valence-corrected chi connectivity index (χ1v) is 15.0. The Labute approximate surface area is 290 Å². The highest BCUT2D eigenvalue weighted by atomic mass is 19.4. The van der Waals surface area contributed by atoms with Gasteiger partial charge in [0.2, 0.25) is 5.91 Å². The number of ether oxygens (including phenoxy) is 1. The molecule has 0 unspecified atom stereocenters. The zero-order valence-corrected chi connectivity index (χ0v) is 27.3. The van der Waals surface area contributed by atoms with Crippen LogP contribution >= 0.6 is 0 Å². The summed E-state index contributed by atoms with van der Waals surface area (Å²) in [6.07, 6.45) is -10.2. The summed E-state index contributed by atoms with van der Waals surface area (Å²) < 4.78 is 75.1. The molecule has 2 aromatic heterocycles. The summed E-state index contributed by atoms with van der Waals surface area (Å²) >= 11 is 0. The van der Waals surface area contributed by atoms with E-state index in [0.717, 1.165) is 33.7 Å². The highest BCUT2D eigenvalue weighted by Gasteiger charge is 2.40. The predicted molar refractivity (Wildman–Crippen MR) is 168 cm³/mol. The number of aromatic nitrogens is 1. The molecule has 2 amide bonds. The first kappa shape index (κ1) is 40.7. The minimum atomic E-state index is -5.08. The third kappa shape index (κ3) is 12.0. The number of carbonyl (C=O) groups excluding carboxylic acids is 2. The number of hydrogen-bond donors (Lipinski definition) is 5. The van der Waals surface area contributed by atoms with Crippen molar-refractivity contribution in [3.05, 3.63) is 95.1 Å². The lowest BCUT2D eigenvalue weighted by Crippen LogP contribution is -2.45. The average Bonchev–Trinajstić information content (AvgIpc) is 3.67. The maximum absolute atomic E-state index is 13.0. The number of aryl methyl sites for hydroxylation is 2. The van der Waals surface area contributed by atoms with Crippen LogP contribution in [0.1, 0.15) is 33.1 Å². The number of nitrogens with zero attached hydrogens (tertiary/aromatic N) is 2. The molecule has 3 heterocycles. The van der Waals surface area contributed by atoms with Gasteiger partial charge in [-0.05, 0) is 62.4 Å². The number of amides is 2. The summed E-state index contributed by atoms with van der Waals surface area (Å²) in [6.45, 7) is 5.54. The number of benzene rings is 2. The van der Waals surface area contributed by atoms with Gasteiger partial charge in [0.15, 0.2) is 0 Å². The van der Waals surface area contributed by atoms with E-state index in [1.54, 1.807) is 29.7 Å². The van der Waals surface area contributed by atoms with Gasteiger partial charge in [0, 0.05) is 35.3 Å². The summed E-state index contributed by atoms with van der Waals surface area (Å²) in [7, 11) is 0. The van der Waals surface area contributed by atoms with Crippen LogP contribution in [0, 0.1) is 19.8 Å². The Morgan fingerprint density at radius 3 is 2.04 bits per heavy atom. The molecule has 0 radical (unpaired) electrons. The molecule has 1 aliphatic rings. The zero-order valence-electron chi connectivity index (χ0n) is 27.3. The van der Waals surface area contributed by atoms with Crippen LogP contribution in [0.4, 0.5) is 26.3 Å². The molecule has 280 valence electrons. The Balaban J connectivity index is 0.000000441. The molecule has 0 aliphatic carbocycles. The van der Waals surface area contributed by atoms with Crippen LogP contribution in [-0.4, -0.2) is 80.5 Å². The van der Waals surface area contributed by atoms with Crippen LogP contribution in [0.2, 0.25) is 0 Å². The van der Waals surface area contributed by atoms with Gasteiger partial charge in [-0.1, -0.05) is 18.2 Å². The largest absolute Gasteiger partial charge is 0.490 e. The predicted octanol–water partition coefficient (Wildman–Crippen LogP) is 5.03. The molecule has 5 rings (SSSR count). The maximum atomic E-state index is 13.0. The van der Waals surface area contributed by atoms with Crippen molar-refractivity contribution in [2.24, 2.45) is 5.92 Å². The molecule has 0 spiro atoms. The molecule has 5 N–H and O–H groups in total. The summed E-state index contributed by atoms with van der Waals surface area (Å²) in [5, 5.41) is 27.5. The quantitative estimate of drug-likeness (QED) is 0.0925. The van der Waals surface area contributed by atoms with Gasteiger partial charge >= 0.3 is 24.3 Å². The first-order valence-electron chi connectivity index (χ1n) is 15.0. The van der Waals surface area contributed by atoms with E-state index in [1.165, 1.54) is 0 Å². The second kappa shape index (κ2) is 17.5. The van der Waals surface area contributed by atoms with E-state index < -0.39 is 42.2 Å². The van der Waals surface area contributed by atoms with Gasteiger partial charge < -0.3 is 24.7 Å². The molecule has 4 aromatic rings. The van der Waals surface area contributed by atoms with Gasteiger partial charge in [-0.3, -0.25) is 24.7 Å². The first-order chi connectivity index (χ1) is 24.3. The lowest BCUT2D eigenvalue weighted by molar-refractivity contribution is -0.193. The summed E-state index contributed by atoms with van der Waals surface area (Å²) in [4.78, 5) is 49.7. The molecule has 2 aromatic carbocycles. The number of hydroxylamine groups is 1. The Kier molecular flexibility index (Phi) is 13.7. The molecule has 1 aliphatic heterocycles. The minimum absolute atomic E-state index is 0.302. The average molecular weight is 743 g/mol. The van der Waals surface area contributed by atoms with Crippen molar-refractivity contribution in [2.45, 2.75) is 45.4 Å². The lowest BCUT2D eigenvalue weighted by atomic mass is 10.0. The maximum Gasteiger partial charge on any atom is 0.490 e. The number of hydrogen-bond acceptors (Lipinski definition) is 9. The highest BCUT2D eigenvalue weighted by Crippen LogP contribution is 2.23. The lowest BCUT2D eigenvalue weighted by Gasteiger charge is -2.18. The summed E-state index contributed by atoms with van der Waals surface area (Å²) in [5.74, 6) is -4.71. The molecular formula is C33H32F6N4O9. The Morgan fingerprint density at radius 1 is 0.904 bits per heavy atom. The van der Waals surface area contributed by atoms with Crippen molar-refractivity contribution >= 4 is 34.7 Å². The number of nitrogens with one attached hydrogen (secondary N) is 2. The van der Waals surface area contributed by atoms with Gasteiger partial charge in [0.05, 0.1) is 24.0 Å². The van der Waals surface area contributed by atoms with Crippen LogP contribution in [0.5, 0.6) is 5.75 Å². The second-order valence-electron chi connectivity index (χ2n) is 11.2. The number of pyridine rings is 1.